The van der Waals surface area contributed by atoms with Gasteiger partial charge in [-0.15, -0.1) is 0 Å². The highest BCUT2D eigenvalue weighted by Crippen LogP contribution is 2.32. The molecule has 0 fully saturated rings. The summed E-state index contributed by atoms with van der Waals surface area (Å²) >= 11 is 2.10. The molecule has 0 aliphatic carbocycles. The Morgan fingerprint density at radius 3 is 1.33 bits per heavy atom. The lowest BCUT2D eigenvalue weighted by molar-refractivity contribution is 0.414. The van der Waals surface area contributed by atoms with Crippen molar-refractivity contribution in [1.82, 2.24) is 0 Å². The van der Waals surface area contributed by atoms with E-state index in [1.54, 1.807) is 14.2 Å². The van der Waals surface area contributed by atoms with E-state index in [1.807, 2.05) is 0 Å². The third kappa shape index (κ3) is 6.80. The molecule has 27 heavy (non-hydrogen) atoms. The van der Waals surface area contributed by atoms with E-state index < -0.39 is 0 Å². The van der Waals surface area contributed by atoms with E-state index in [-0.39, 0.29) is 0 Å². The molecular weight excluding hydrogens is 352 g/mol. The molecule has 0 heterocycles. The molecule has 2 atom stereocenters. The highest BCUT2D eigenvalue weighted by Gasteiger charge is 2.15. The Bertz CT molecular complexity index is 579. The fourth-order valence-corrected chi connectivity index (χ4v) is 4.92. The Kier molecular flexibility index (Phi) is 9.61. The summed E-state index contributed by atoms with van der Waals surface area (Å²) in [6.45, 7) is 4.55. The summed E-state index contributed by atoms with van der Waals surface area (Å²) < 4.78 is 10.6. The van der Waals surface area contributed by atoms with Gasteiger partial charge in [0.1, 0.15) is 11.5 Å². The second-order valence-corrected chi connectivity index (χ2v) is 8.13. The molecule has 0 amide bonds. The minimum atomic E-state index is 0.615. The number of methoxy groups -OCH3 is 2. The molecule has 2 rings (SSSR count). The monoisotopic (exact) mass is 386 g/mol. The molecule has 0 saturated carbocycles. The van der Waals surface area contributed by atoms with Crippen molar-refractivity contribution in [3.05, 3.63) is 59.7 Å². The second-order valence-electron chi connectivity index (χ2n) is 7.05. The molecule has 0 bridgehead atoms. The third-order valence-electron chi connectivity index (χ3n) is 5.09. The van der Waals surface area contributed by atoms with E-state index in [9.17, 15) is 0 Å². The maximum atomic E-state index is 5.30. The van der Waals surface area contributed by atoms with Crippen molar-refractivity contribution in [2.45, 2.75) is 51.4 Å². The van der Waals surface area contributed by atoms with Gasteiger partial charge in [-0.25, -0.2) is 0 Å². The van der Waals surface area contributed by atoms with Gasteiger partial charge in [0.15, 0.2) is 0 Å². The molecule has 0 aromatic heterocycles. The highest BCUT2D eigenvalue weighted by atomic mass is 32.2. The van der Waals surface area contributed by atoms with Gasteiger partial charge in [0, 0.05) is 11.5 Å². The Labute approximate surface area is 169 Å². The lowest BCUT2D eigenvalue weighted by Gasteiger charge is -2.20. The van der Waals surface area contributed by atoms with Crippen LogP contribution < -0.4 is 9.47 Å². The topological polar surface area (TPSA) is 18.5 Å². The van der Waals surface area contributed by atoms with Gasteiger partial charge in [-0.1, -0.05) is 51.0 Å². The number of rotatable bonds is 12. The van der Waals surface area contributed by atoms with Gasteiger partial charge in [0.2, 0.25) is 0 Å². The van der Waals surface area contributed by atoms with Crippen LogP contribution in [0, 0.1) is 0 Å². The molecular formula is C24H34O2S. The van der Waals surface area contributed by atoms with Gasteiger partial charge >= 0.3 is 0 Å². The van der Waals surface area contributed by atoms with Crippen LogP contribution in [0.4, 0.5) is 0 Å². The standard InChI is InChI=1S/C24H34O2S/c1-5-7-21(19-9-13-23(25-3)14-10-19)17-27-18-22(8-6-2)20-11-15-24(26-4)16-12-20/h9-16,21-22H,5-8,17-18H2,1-4H3. The Morgan fingerprint density at radius 1 is 0.667 bits per heavy atom. The average molecular weight is 387 g/mol. The van der Waals surface area contributed by atoms with Crippen molar-refractivity contribution in [3.63, 3.8) is 0 Å². The van der Waals surface area contributed by atoms with Crippen LogP contribution in [-0.4, -0.2) is 25.7 Å². The first kappa shape index (κ1) is 21.7. The molecule has 2 aromatic carbocycles. The predicted octanol–water partition coefficient (Wildman–Crippen LogP) is 6.90. The van der Waals surface area contributed by atoms with E-state index in [0.717, 1.165) is 11.5 Å². The summed E-state index contributed by atoms with van der Waals surface area (Å²) in [5.41, 5.74) is 2.86. The summed E-state index contributed by atoms with van der Waals surface area (Å²) in [4.78, 5) is 0. The SMILES string of the molecule is CCCC(CSCC(CCC)c1ccc(OC)cc1)c1ccc(OC)cc1. The Morgan fingerprint density at radius 2 is 1.04 bits per heavy atom. The normalized spacial score (nSPS) is 13.2. The Hall–Kier alpha value is -1.61. The zero-order valence-corrected chi connectivity index (χ0v) is 18.1. The lowest BCUT2D eigenvalue weighted by Crippen LogP contribution is -2.07. The molecule has 2 nitrogen and oxygen atoms in total. The summed E-state index contributed by atoms with van der Waals surface area (Å²) in [7, 11) is 3.45. The first-order valence-corrected chi connectivity index (χ1v) is 11.2. The van der Waals surface area contributed by atoms with Crippen LogP contribution in [0.2, 0.25) is 0 Å². The predicted molar refractivity (Wildman–Crippen MR) is 119 cm³/mol. The van der Waals surface area contributed by atoms with Gasteiger partial charge in [-0.05, 0) is 60.1 Å². The molecule has 2 unspecified atom stereocenters. The lowest BCUT2D eigenvalue weighted by atomic mass is 9.96. The third-order valence-corrected chi connectivity index (χ3v) is 6.36. The number of hydrogen-bond acceptors (Lipinski definition) is 3. The van der Waals surface area contributed by atoms with Crippen LogP contribution in [0.1, 0.15) is 62.5 Å². The van der Waals surface area contributed by atoms with Gasteiger partial charge in [0.25, 0.3) is 0 Å². The molecule has 0 radical (unpaired) electrons. The average Bonchev–Trinajstić information content (AvgIpc) is 2.72. The largest absolute Gasteiger partial charge is 0.497 e. The molecule has 3 heteroatoms. The van der Waals surface area contributed by atoms with Crippen molar-refractivity contribution in [3.8, 4) is 11.5 Å². The zero-order valence-electron chi connectivity index (χ0n) is 17.2. The molecule has 2 aromatic rings. The van der Waals surface area contributed by atoms with Crippen molar-refractivity contribution in [2.24, 2.45) is 0 Å². The fraction of sp³-hybridized carbons (Fsp3) is 0.500. The minimum absolute atomic E-state index is 0.615. The van der Waals surface area contributed by atoms with Crippen molar-refractivity contribution < 1.29 is 9.47 Å². The maximum Gasteiger partial charge on any atom is 0.118 e. The summed E-state index contributed by atoms with van der Waals surface area (Å²) in [5, 5.41) is 0. The molecule has 148 valence electrons. The first-order chi connectivity index (χ1) is 13.2. The first-order valence-electron chi connectivity index (χ1n) is 10.1. The number of hydrogen-bond donors (Lipinski definition) is 0. The maximum absolute atomic E-state index is 5.30. The van der Waals surface area contributed by atoms with E-state index in [0.29, 0.717) is 11.8 Å². The fourth-order valence-electron chi connectivity index (χ4n) is 3.49. The molecule has 0 spiro atoms. The van der Waals surface area contributed by atoms with Crippen LogP contribution >= 0.6 is 11.8 Å². The number of benzene rings is 2. The van der Waals surface area contributed by atoms with E-state index in [4.69, 9.17) is 9.47 Å². The van der Waals surface area contributed by atoms with Crippen molar-refractivity contribution >= 4 is 11.8 Å². The minimum Gasteiger partial charge on any atom is -0.497 e. The van der Waals surface area contributed by atoms with Crippen LogP contribution in [0.5, 0.6) is 11.5 Å². The molecule has 0 aliphatic heterocycles. The summed E-state index contributed by atoms with van der Waals surface area (Å²) in [6, 6.07) is 17.2. The van der Waals surface area contributed by atoms with Gasteiger partial charge in [-0.2, -0.15) is 11.8 Å². The number of ether oxygens (including phenoxy) is 2. The van der Waals surface area contributed by atoms with Gasteiger partial charge < -0.3 is 9.47 Å². The van der Waals surface area contributed by atoms with Crippen molar-refractivity contribution in [1.29, 1.82) is 0 Å². The van der Waals surface area contributed by atoms with E-state index >= 15 is 0 Å². The van der Waals surface area contributed by atoms with Crippen LogP contribution in [-0.2, 0) is 0 Å². The summed E-state index contributed by atoms with van der Waals surface area (Å²) in [5.74, 6) is 5.45. The quantitative estimate of drug-likeness (QED) is 0.395. The molecule has 0 aliphatic rings. The molecule has 0 saturated heterocycles. The molecule has 0 N–H and O–H groups in total. The van der Waals surface area contributed by atoms with Gasteiger partial charge in [-0.3, -0.25) is 0 Å². The Balaban J connectivity index is 1.96. The van der Waals surface area contributed by atoms with Crippen molar-refractivity contribution in [2.75, 3.05) is 25.7 Å². The second kappa shape index (κ2) is 12.0. The van der Waals surface area contributed by atoms with Crippen LogP contribution in [0.25, 0.3) is 0 Å². The summed E-state index contributed by atoms with van der Waals surface area (Å²) in [6.07, 6.45) is 4.91. The van der Waals surface area contributed by atoms with Crippen LogP contribution in [0.3, 0.4) is 0 Å². The zero-order chi connectivity index (χ0) is 19.5. The van der Waals surface area contributed by atoms with E-state index in [2.05, 4.69) is 74.1 Å². The van der Waals surface area contributed by atoms with Gasteiger partial charge in [0.05, 0.1) is 14.2 Å². The number of thioether (sulfide) groups is 1. The van der Waals surface area contributed by atoms with Crippen LogP contribution in [0.15, 0.2) is 48.5 Å². The highest BCUT2D eigenvalue weighted by molar-refractivity contribution is 7.99. The van der Waals surface area contributed by atoms with E-state index in [1.165, 1.54) is 48.3 Å². The smallest absolute Gasteiger partial charge is 0.118 e.